The van der Waals surface area contributed by atoms with Crippen LogP contribution in [0.3, 0.4) is 0 Å². The van der Waals surface area contributed by atoms with E-state index in [0.717, 1.165) is 57.8 Å². The number of rotatable bonds is 46. The van der Waals surface area contributed by atoms with E-state index < -0.39 is 12.1 Å². The molecule has 0 aliphatic heterocycles. The van der Waals surface area contributed by atoms with E-state index >= 15 is 0 Å². The maximum atomic E-state index is 12.4. The van der Waals surface area contributed by atoms with Gasteiger partial charge in [-0.15, -0.1) is 0 Å². The second kappa shape index (κ2) is 48.5. The van der Waals surface area contributed by atoms with Crippen LogP contribution < -0.4 is 5.32 Å². The number of carbonyl (C=O) groups excluding carboxylic acids is 2. The number of aliphatic hydroxyl groups excluding tert-OH is 2. The average Bonchev–Trinajstić information content (AvgIpc) is 3.24. The predicted molar refractivity (Wildman–Crippen MR) is 255 cm³/mol. The van der Waals surface area contributed by atoms with Gasteiger partial charge in [0.2, 0.25) is 5.91 Å². The number of aliphatic hydroxyl groups is 2. The SMILES string of the molecule is CCCCC/C=C\C/C=C\CCCCCCCCCC(=O)OCCCCCCCC/C=C\C/C=C\CCC(=O)NC(CO)C(O)CCCCCCCCCCCCCC. The number of unbranched alkanes of at least 4 members (excludes halogenated alkanes) is 27. The van der Waals surface area contributed by atoms with Crippen molar-refractivity contribution in [2.75, 3.05) is 13.2 Å². The van der Waals surface area contributed by atoms with Gasteiger partial charge in [-0.05, 0) is 77.0 Å². The van der Waals surface area contributed by atoms with E-state index in [1.807, 2.05) is 6.08 Å². The Morgan fingerprint density at radius 3 is 1.36 bits per heavy atom. The van der Waals surface area contributed by atoms with Crippen molar-refractivity contribution < 1.29 is 24.5 Å². The van der Waals surface area contributed by atoms with Crippen molar-refractivity contribution >= 4 is 11.9 Å². The summed E-state index contributed by atoms with van der Waals surface area (Å²) in [6.45, 7) is 4.84. The molecule has 6 heteroatoms. The minimum Gasteiger partial charge on any atom is -0.466 e. The molecule has 0 saturated heterocycles. The van der Waals surface area contributed by atoms with Gasteiger partial charge in [0.1, 0.15) is 0 Å². The van der Waals surface area contributed by atoms with Crippen molar-refractivity contribution in [1.29, 1.82) is 0 Å². The van der Waals surface area contributed by atoms with Crippen molar-refractivity contribution in [3.05, 3.63) is 48.6 Å². The molecule has 344 valence electrons. The van der Waals surface area contributed by atoms with E-state index in [9.17, 15) is 19.8 Å². The van der Waals surface area contributed by atoms with Crippen LogP contribution in [0.5, 0.6) is 0 Å². The Morgan fingerprint density at radius 2 is 0.864 bits per heavy atom. The lowest BCUT2D eigenvalue weighted by Gasteiger charge is -2.22. The molecule has 6 nitrogen and oxygen atoms in total. The van der Waals surface area contributed by atoms with Crippen LogP contribution in [0.2, 0.25) is 0 Å². The molecule has 0 aliphatic rings. The van der Waals surface area contributed by atoms with E-state index in [4.69, 9.17) is 4.74 Å². The molecule has 0 aliphatic carbocycles. The summed E-state index contributed by atoms with van der Waals surface area (Å²) in [6, 6.07) is -0.585. The number of hydrogen-bond donors (Lipinski definition) is 3. The summed E-state index contributed by atoms with van der Waals surface area (Å²) in [5.74, 6) is -0.144. The molecule has 2 atom stereocenters. The fourth-order valence-corrected chi connectivity index (χ4v) is 7.42. The molecule has 0 spiro atoms. The van der Waals surface area contributed by atoms with Crippen LogP contribution in [0.4, 0.5) is 0 Å². The Morgan fingerprint density at radius 1 is 0.475 bits per heavy atom. The molecule has 3 N–H and O–H groups in total. The Balaban J connectivity index is 3.55. The van der Waals surface area contributed by atoms with Gasteiger partial charge in [-0.1, -0.05) is 210 Å². The molecule has 0 aromatic heterocycles. The molecule has 0 rings (SSSR count). The highest BCUT2D eigenvalue weighted by Crippen LogP contribution is 2.15. The molecule has 1 amide bonds. The summed E-state index contributed by atoms with van der Waals surface area (Å²) in [5, 5.41) is 23.1. The summed E-state index contributed by atoms with van der Waals surface area (Å²) in [7, 11) is 0. The summed E-state index contributed by atoms with van der Waals surface area (Å²) in [4.78, 5) is 24.4. The normalized spacial score (nSPS) is 13.1. The topological polar surface area (TPSA) is 95.9 Å². The summed E-state index contributed by atoms with van der Waals surface area (Å²) >= 11 is 0. The third-order valence-electron chi connectivity index (χ3n) is 11.4. The molecule has 59 heavy (non-hydrogen) atoms. The molecular formula is C53H97NO5. The minimum atomic E-state index is -0.699. The van der Waals surface area contributed by atoms with Gasteiger partial charge in [0.15, 0.2) is 0 Å². The van der Waals surface area contributed by atoms with E-state index in [0.29, 0.717) is 32.3 Å². The summed E-state index contributed by atoms with van der Waals surface area (Å²) < 4.78 is 5.45. The van der Waals surface area contributed by atoms with Crippen molar-refractivity contribution in [1.82, 2.24) is 5.32 Å². The zero-order valence-corrected chi connectivity index (χ0v) is 39.0. The van der Waals surface area contributed by atoms with Gasteiger partial charge in [0.25, 0.3) is 0 Å². The van der Waals surface area contributed by atoms with Gasteiger partial charge in [-0.3, -0.25) is 9.59 Å². The Kier molecular flexibility index (Phi) is 46.7. The summed E-state index contributed by atoms with van der Waals surface area (Å²) in [5.41, 5.74) is 0. The first-order chi connectivity index (χ1) is 29.0. The van der Waals surface area contributed by atoms with Crippen LogP contribution in [-0.2, 0) is 14.3 Å². The zero-order valence-electron chi connectivity index (χ0n) is 39.0. The number of nitrogens with one attached hydrogen (secondary N) is 1. The molecule has 0 saturated carbocycles. The molecule has 2 unspecified atom stereocenters. The fourth-order valence-electron chi connectivity index (χ4n) is 7.42. The van der Waals surface area contributed by atoms with Gasteiger partial charge in [-0.2, -0.15) is 0 Å². The fraction of sp³-hybridized carbons (Fsp3) is 0.811. The molecule has 0 aromatic rings. The Bertz CT molecular complexity index is 1000. The maximum absolute atomic E-state index is 12.4. The first kappa shape index (κ1) is 56.8. The third-order valence-corrected chi connectivity index (χ3v) is 11.4. The molecule has 0 bridgehead atoms. The van der Waals surface area contributed by atoms with Crippen LogP contribution in [0.15, 0.2) is 48.6 Å². The number of ether oxygens (including phenoxy) is 1. The van der Waals surface area contributed by atoms with Gasteiger partial charge in [0, 0.05) is 12.8 Å². The van der Waals surface area contributed by atoms with Gasteiger partial charge in [0.05, 0.1) is 25.4 Å². The maximum Gasteiger partial charge on any atom is 0.305 e. The van der Waals surface area contributed by atoms with Crippen LogP contribution >= 0.6 is 0 Å². The Labute approximate surface area is 366 Å². The van der Waals surface area contributed by atoms with Crippen molar-refractivity contribution in [2.45, 2.75) is 264 Å². The minimum absolute atomic E-state index is 0.0257. The number of amides is 1. The molecule has 0 aromatic carbocycles. The Hall–Kier alpha value is -2.18. The number of hydrogen-bond acceptors (Lipinski definition) is 5. The van der Waals surface area contributed by atoms with Crippen LogP contribution in [0.1, 0.15) is 251 Å². The third kappa shape index (κ3) is 45.2. The van der Waals surface area contributed by atoms with Crippen molar-refractivity contribution in [3.63, 3.8) is 0 Å². The first-order valence-electron chi connectivity index (χ1n) is 25.4. The van der Waals surface area contributed by atoms with Crippen LogP contribution in [0.25, 0.3) is 0 Å². The lowest BCUT2D eigenvalue weighted by Crippen LogP contribution is -2.45. The number of esters is 1. The quantitative estimate of drug-likeness (QED) is 0.0323. The molecule has 0 fully saturated rings. The number of allylic oxidation sites excluding steroid dienone is 8. The van der Waals surface area contributed by atoms with E-state index in [2.05, 4.69) is 61.7 Å². The predicted octanol–water partition coefficient (Wildman–Crippen LogP) is 15.1. The number of carbonyl (C=O) groups is 2. The highest BCUT2D eigenvalue weighted by Gasteiger charge is 2.19. The van der Waals surface area contributed by atoms with E-state index in [-0.39, 0.29) is 18.5 Å². The van der Waals surface area contributed by atoms with Crippen molar-refractivity contribution in [3.8, 4) is 0 Å². The monoisotopic (exact) mass is 828 g/mol. The lowest BCUT2D eigenvalue weighted by atomic mass is 10.0. The van der Waals surface area contributed by atoms with Gasteiger partial charge < -0.3 is 20.3 Å². The van der Waals surface area contributed by atoms with Gasteiger partial charge in [-0.25, -0.2) is 0 Å². The molecule has 0 heterocycles. The smallest absolute Gasteiger partial charge is 0.305 e. The second-order valence-electron chi connectivity index (χ2n) is 17.1. The largest absolute Gasteiger partial charge is 0.466 e. The molecule has 0 radical (unpaired) electrons. The van der Waals surface area contributed by atoms with Gasteiger partial charge >= 0.3 is 5.97 Å². The average molecular weight is 828 g/mol. The zero-order chi connectivity index (χ0) is 43.0. The standard InChI is InChI=1S/C53H97NO5/c1-3-5-7-9-11-13-15-17-18-19-20-23-27-31-35-39-43-47-53(58)59-48-44-40-36-32-28-24-21-22-26-30-34-38-42-46-52(57)54-50(49-55)51(56)45-41-37-33-29-25-16-14-12-10-8-6-4-2/h11,13,17-18,22,26,34,38,50-51,55-56H,3-10,12,14-16,19-21,23-25,27-33,35-37,39-49H2,1-2H3,(H,54,57)/b13-11-,18-17-,26-22-,38-34-. The van der Waals surface area contributed by atoms with Crippen LogP contribution in [-0.4, -0.2) is 47.4 Å². The van der Waals surface area contributed by atoms with E-state index in [1.54, 1.807) is 0 Å². The highest BCUT2D eigenvalue weighted by atomic mass is 16.5. The first-order valence-corrected chi connectivity index (χ1v) is 25.4. The van der Waals surface area contributed by atoms with Crippen LogP contribution in [0, 0.1) is 0 Å². The highest BCUT2D eigenvalue weighted by molar-refractivity contribution is 5.76. The second-order valence-corrected chi connectivity index (χ2v) is 17.1. The molecular weight excluding hydrogens is 731 g/mol. The lowest BCUT2D eigenvalue weighted by molar-refractivity contribution is -0.143. The summed E-state index contributed by atoms with van der Waals surface area (Å²) in [6.07, 6.45) is 59.5. The van der Waals surface area contributed by atoms with Crippen molar-refractivity contribution in [2.24, 2.45) is 0 Å². The van der Waals surface area contributed by atoms with E-state index in [1.165, 1.54) is 154 Å².